The van der Waals surface area contributed by atoms with Gasteiger partial charge in [-0.05, 0) is 83.3 Å². The minimum Gasteiger partial charge on any atom is -0.304 e. The van der Waals surface area contributed by atoms with Gasteiger partial charge in [-0.2, -0.15) is 0 Å². The zero-order valence-corrected chi connectivity index (χ0v) is 21.1. The fraction of sp³-hybridized carbons (Fsp3) is 0.185. The number of halogens is 2. The Labute approximate surface area is 207 Å². The molecule has 1 unspecified atom stereocenters. The van der Waals surface area contributed by atoms with Crippen molar-refractivity contribution in [3.63, 3.8) is 0 Å². The molecule has 0 bridgehead atoms. The maximum absolute atomic E-state index is 11.9. The van der Waals surface area contributed by atoms with Crippen molar-refractivity contribution in [3.8, 4) is 11.1 Å². The molecule has 0 aliphatic carbocycles. The van der Waals surface area contributed by atoms with E-state index in [-0.39, 0.29) is 24.5 Å². The van der Waals surface area contributed by atoms with E-state index in [2.05, 4.69) is 49.5 Å². The van der Waals surface area contributed by atoms with Crippen molar-refractivity contribution < 1.29 is 8.42 Å². The Bertz CT molecular complexity index is 1370. The summed E-state index contributed by atoms with van der Waals surface area (Å²) in [5, 5.41) is 6.69. The average molecular weight is 500 g/mol. The smallest absolute Gasteiger partial charge is 0.175 e. The van der Waals surface area contributed by atoms with Crippen LogP contribution in [0.5, 0.6) is 0 Å². The van der Waals surface area contributed by atoms with Gasteiger partial charge in [0.1, 0.15) is 0 Å². The van der Waals surface area contributed by atoms with Crippen LogP contribution in [-0.4, -0.2) is 14.7 Å². The predicted octanol–water partition coefficient (Wildman–Crippen LogP) is 7.40. The normalized spacial score (nSPS) is 13.3. The van der Waals surface area contributed by atoms with Crippen LogP contribution in [0, 0.1) is 0 Å². The second kappa shape index (κ2) is 10.3. The zero-order valence-electron chi connectivity index (χ0n) is 18.7. The Balaban J connectivity index is 0.00000306. The number of sulfone groups is 1. The van der Waals surface area contributed by atoms with E-state index in [4.69, 9.17) is 11.6 Å². The topological polar surface area (TPSA) is 46.2 Å². The molecule has 4 rings (SSSR count). The average Bonchev–Trinajstić information content (AvgIpc) is 2.77. The van der Waals surface area contributed by atoms with Crippen molar-refractivity contribution in [3.05, 3.63) is 101 Å². The van der Waals surface area contributed by atoms with E-state index in [0.717, 1.165) is 32.5 Å². The fourth-order valence-electron chi connectivity index (χ4n) is 4.05. The molecule has 4 aromatic carbocycles. The predicted molar refractivity (Wildman–Crippen MR) is 141 cm³/mol. The molecule has 172 valence electrons. The van der Waals surface area contributed by atoms with Crippen molar-refractivity contribution in [1.29, 1.82) is 0 Å². The fourth-order valence-corrected chi connectivity index (χ4v) is 4.88. The van der Waals surface area contributed by atoms with Gasteiger partial charge in [-0.25, -0.2) is 8.42 Å². The quantitative estimate of drug-likeness (QED) is 0.300. The van der Waals surface area contributed by atoms with Crippen LogP contribution >= 0.6 is 24.0 Å². The number of nitrogens with one attached hydrogen (secondary N) is 1. The summed E-state index contributed by atoms with van der Waals surface area (Å²) in [7, 11) is -3.23. The first-order valence-corrected chi connectivity index (χ1v) is 12.8. The summed E-state index contributed by atoms with van der Waals surface area (Å²) in [5.41, 5.74) is 4.38. The van der Waals surface area contributed by atoms with Crippen molar-refractivity contribution in [2.45, 2.75) is 30.8 Å². The highest BCUT2D eigenvalue weighted by molar-refractivity contribution is 7.90. The van der Waals surface area contributed by atoms with Crippen LogP contribution in [-0.2, 0) is 9.84 Å². The Hall–Kier alpha value is -2.37. The van der Waals surface area contributed by atoms with Gasteiger partial charge in [0.2, 0.25) is 0 Å². The van der Waals surface area contributed by atoms with Crippen molar-refractivity contribution in [2.75, 3.05) is 6.26 Å². The van der Waals surface area contributed by atoms with Gasteiger partial charge < -0.3 is 5.32 Å². The van der Waals surface area contributed by atoms with Crippen LogP contribution in [0.25, 0.3) is 21.9 Å². The van der Waals surface area contributed by atoms with Crippen molar-refractivity contribution in [2.24, 2.45) is 0 Å². The first-order valence-electron chi connectivity index (χ1n) is 10.6. The molecule has 0 aromatic heterocycles. The third-order valence-corrected chi connectivity index (χ3v) is 7.19. The van der Waals surface area contributed by atoms with Gasteiger partial charge in [-0.1, -0.05) is 60.1 Å². The summed E-state index contributed by atoms with van der Waals surface area (Å²) in [4.78, 5) is 0.326. The molecule has 0 spiro atoms. The van der Waals surface area contributed by atoms with E-state index in [1.54, 1.807) is 12.1 Å². The van der Waals surface area contributed by atoms with Crippen LogP contribution in [0.1, 0.15) is 37.1 Å². The minimum absolute atomic E-state index is 0. The van der Waals surface area contributed by atoms with E-state index in [1.165, 1.54) is 11.8 Å². The summed E-state index contributed by atoms with van der Waals surface area (Å²) >= 11 is 6.17. The highest BCUT2D eigenvalue weighted by atomic mass is 35.5. The summed E-state index contributed by atoms with van der Waals surface area (Å²) < 4.78 is 23.7. The van der Waals surface area contributed by atoms with Crippen LogP contribution in [0.15, 0.2) is 89.8 Å². The van der Waals surface area contributed by atoms with E-state index in [1.807, 2.05) is 42.5 Å². The largest absolute Gasteiger partial charge is 0.304 e. The molecule has 0 radical (unpaired) electrons. The highest BCUT2D eigenvalue weighted by Crippen LogP contribution is 2.33. The summed E-state index contributed by atoms with van der Waals surface area (Å²) in [6.45, 7) is 4.29. The third kappa shape index (κ3) is 5.77. The van der Waals surface area contributed by atoms with Crippen LogP contribution in [0.3, 0.4) is 0 Å². The summed E-state index contributed by atoms with van der Waals surface area (Å²) in [6.07, 6.45) is 1.23. The van der Waals surface area contributed by atoms with Crippen LogP contribution < -0.4 is 5.32 Å². The Kier molecular flexibility index (Phi) is 7.86. The lowest BCUT2D eigenvalue weighted by Crippen LogP contribution is -2.22. The maximum atomic E-state index is 11.9. The lowest BCUT2D eigenvalue weighted by molar-refractivity contribution is 0.495. The number of hydrogen-bond acceptors (Lipinski definition) is 3. The van der Waals surface area contributed by atoms with Gasteiger partial charge in [0.05, 0.1) is 4.90 Å². The van der Waals surface area contributed by atoms with Gasteiger partial charge >= 0.3 is 0 Å². The number of hydrogen-bond donors (Lipinski definition) is 1. The van der Waals surface area contributed by atoms with Gasteiger partial charge in [0, 0.05) is 23.4 Å². The summed E-state index contributed by atoms with van der Waals surface area (Å²) in [5.74, 6) is 0. The van der Waals surface area contributed by atoms with E-state index in [9.17, 15) is 8.42 Å². The third-order valence-electron chi connectivity index (χ3n) is 5.83. The van der Waals surface area contributed by atoms with E-state index < -0.39 is 9.84 Å². The molecule has 0 aliphatic heterocycles. The Morgan fingerprint density at radius 3 is 2.12 bits per heavy atom. The standard InChI is InChI=1S/C27H26ClNO2S.ClH/c1-18(21-8-6-9-24(28)16-21)29-19(2)23-15-22-7-4-5-10-26(22)27(17-23)20-11-13-25(14-12-20)32(3,30)31;/h4-19,29H,1-3H3;1H/t18-,19?;/m1./s1. The first-order chi connectivity index (χ1) is 15.2. The molecule has 3 nitrogen and oxygen atoms in total. The minimum atomic E-state index is -3.23. The lowest BCUT2D eigenvalue weighted by atomic mass is 9.93. The molecule has 4 aromatic rings. The number of fused-ring (bicyclic) bond motifs is 1. The van der Waals surface area contributed by atoms with Gasteiger partial charge in [0.25, 0.3) is 0 Å². The molecule has 0 amide bonds. The molecule has 2 atom stereocenters. The highest BCUT2D eigenvalue weighted by Gasteiger charge is 2.15. The first kappa shape index (κ1) is 25.3. The van der Waals surface area contributed by atoms with E-state index >= 15 is 0 Å². The molecule has 0 aliphatic rings. The lowest BCUT2D eigenvalue weighted by Gasteiger charge is -2.22. The van der Waals surface area contributed by atoms with Crippen LogP contribution in [0.4, 0.5) is 0 Å². The number of rotatable bonds is 6. The molecule has 0 fully saturated rings. The molecule has 1 N–H and O–H groups in total. The molecule has 6 heteroatoms. The second-order valence-corrected chi connectivity index (χ2v) is 10.7. The van der Waals surface area contributed by atoms with Gasteiger partial charge in [-0.15, -0.1) is 12.4 Å². The van der Waals surface area contributed by atoms with Gasteiger partial charge in [-0.3, -0.25) is 0 Å². The SMILES string of the molecule is CC(N[C@H](C)c1cccc(Cl)c1)c1cc(-c2ccc(S(C)(=O)=O)cc2)c2ccccc2c1.Cl. The van der Waals surface area contributed by atoms with Crippen molar-refractivity contribution in [1.82, 2.24) is 5.32 Å². The molecule has 0 saturated carbocycles. The molecular formula is C27H27Cl2NO2S. The van der Waals surface area contributed by atoms with E-state index in [0.29, 0.717) is 4.90 Å². The molecular weight excluding hydrogens is 473 g/mol. The molecule has 33 heavy (non-hydrogen) atoms. The monoisotopic (exact) mass is 499 g/mol. The van der Waals surface area contributed by atoms with Crippen molar-refractivity contribution >= 4 is 44.6 Å². The number of benzene rings is 4. The van der Waals surface area contributed by atoms with Gasteiger partial charge in [0.15, 0.2) is 9.84 Å². The Morgan fingerprint density at radius 2 is 1.45 bits per heavy atom. The molecule has 0 saturated heterocycles. The second-order valence-electron chi connectivity index (χ2n) is 8.25. The Morgan fingerprint density at radius 1 is 0.788 bits per heavy atom. The summed E-state index contributed by atoms with van der Waals surface area (Å²) in [6, 6.07) is 27.9. The zero-order chi connectivity index (χ0) is 22.9. The maximum Gasteiger partial charge on any atom is 0.175 e. The van der Waals surface area contributed by atoms with Crippen LogP contribution in [0.2, 0.25) is 5.02 Å². The molecule has 0 heterocycles.